The number of rotatable bonds is 4. The molecule has 17 heavy (non-hydrogen) atoms. The van der Waals surface area contributed by atoms with E-state index in [1.165, 1.54) is 0 Å². The lowest BCUT2D eigenvalue weighted by Crippen LogP contribution is -2.29. The zero-order valence-electron chi connectivity index (χ0n) is 8.96. The number of hydrogen-bond acceptors (Lipinski definition) is 2. The fourth-order valence-corrected chi connectivity index (χ4v) is 1.70. The molecule has 0 heterocycles. The molecular formula is C11H11Cl2N3O. The van der Waals surface area contributed by atoms with Crippen LogP contribution in [0, 0.1) is 11.3 Å². The molecule has 0 unspecified atom stereocenters. The number of carbonyl (C=O) groups excluding carboxylic acids is 1. The van der Waals surface area contributed by atoms with E-state index in [1.807, 2.05) is 6.07 Å². The van der Waals surface area contributed by atoms with Crippen molar-refractivity contribution in [1.82, 2.24) is 5.32 Å². The molecule has 0 atom stereocenters. The Morgan fingerprint density at radius 2 is 1.94 bits per heavy atom. The Kier molecular flexibility index (Phi) is 5.61. The summed E-state index contributed by atoms with van der Waals surface area (Å²) in [6.07, 6.45) is 1.05. The van der Waals surface area contributed by atoms with Crippen molar-refractivity contribution in [2.24, 2.45) is 0 Å². The summed E-state index contributed by atoms with van der Waals surface area (Å²) in [4.78, 5) is 11.4. The minimum atomic E-state index is -0.346. The third-order valence-electron chi connectivity index (χ3n) is 1.87. The number of nitriles is 1. The minimum absolute atomic E-state index is 0.346. The van der Waals surface area contributed by atoms with Gasteiger partial charge in [-0.2, -0.15) is 5.26 Å². The predicted octanol–water partition coefficient (Wildman–Crippen LogP) is 3.42. The van der Waals surface area contributed by atoms with Crippen LogP contribution in [0.5, 0.6) is 0 Å². The standard InChI is InChI=1S/C11H11Cl2N3O/c12-8-5-9(13)7-10(6-8)16-11(17)15-4-2-1-3-14/h5-7H,1-2,4H2,(H2,15,16,17). The first kappa shape index (κ1) is 13.6. The molecule has 0 aromatic heterocycles. The molecule has 1 rings (SSSR count). The topological polar surface area (TPSA) is 64.9 Å². The Labute approximate surface area is 110 Å². The minimum Gasteiger partial charge on any atom is -0.338 e. The van der Waals surface area contributed by atoms with Gasteiger partial charge in [0.25, 0.3) is 0 Å². The largest absolute Gasteiger partial charge is 0.338 e. The monoisotopic (exact) mass is 271 g/mol. The summed E-state index contributed by atoms with van der Waals surface area (Å²) in [5, 5.41) is 14.4. The highest BCUT2D eigenvalue weighted by Gasteiger charge is 2.03. The van der Waals surface area contributed by atoms with E-state index in [-0.39, 0.29) is 6.03 Å². The Morgan fingerprint density at radius 1 is 1.29 bits per heavy atom. The molecule has 0 aliphatic heterocycles. The molecule has 0 spiro atoms. The van der Waals surface area contributed by atoms with Gasteiger partial charge in [0.15, 0.2) is 0 Å². The van der Waals surface area contributed by atoms with E-state index < -0.39 is 0 Å². The van der Waals surface area contributed by atoms with Gasteiger partial charge in [0.1, 0.15) is 0 Å². The third kappa shape index (κ3) is 5.43. The van der Waals surface area contributed by atoms with Crippen LogP contribution < -0.4 is 10.6 Å². The molecule has 0 bridgehead atoms. The van der Waals surface area contributed by atoms with Gasteiger partial charge in [0.05, 0.1) is 6.07 Å². The van der Waals surface area contributed by atoms with Crippen molar-refractivity contribution in [2.45, 2.75) is 12.8 Å². The van der Waals surface area contributed by atoms with Crippen LogP contribution in [0.4, 0.5) is 10.5 Å². The maximum Gasteiger partial charge on any atom is 0.319 e. The highest BCUT2D eigenvalue weighted by molar-refractivity contribution is 6.35. The molecule has 0 saturated carbocycles. The number of carbonyl (C=O) groups is 1. The number of halogens is 2. The van der Waals surface area contributed by atoms with Crippen LogP contribution in [-0.4, -0.2) is 12.6 Å². The molecule has 90 valence electrons. The second kappa shape index (κ2) is 7.00. The van der Waals surface area contributed by atoms with Crippen molar-refractivity contribution in [1.29, 1.82) is 5.26 Å². The van der Waals surface area contributed by atoms with Gasteiger partial charge in [-0.05, 0) is 24.6 Å². The van der Waals surface area contributed by atoms with Gasteiger partial charge >= 0.3 is 6.03 Å². The lowest BCUT2D eigenvalue weighted by Gasteiger charge is -2.07. The fourth-order valence-electron chi connectivity index (χ4n) is 1.17. The Balaban J connectivity index is 2.43. The average Bonchev–Trinajstić information content (AvgIpc) is 2.23. The summed E-state index contributed by atoms with van der Waals surface area (Å²) >= 11 is 11.6. The summed E-state index contributed by atoms with van der Waals surface area (Å²) in [6, 6.07) is 6.43. The molecular weight excluding hydrogens is 261 g/mol. The molecule has 4 nitrogen and oxygen atoms in total. The molecule has 0 saturated heterocycles. The second-order valence-corrected chi connectivity index (χ2v) is 4.17. The van der Waals surface area contributed by atoms with E-state index in [0.29, 0.717) is 35.1 Å². The van der Waals surface area contributed by atoms with E-state index in [2.05, 4.69) is 10.6 Å². The number of anilines is 1. The van der Waals surface area contributed by atoms with Crippen LogP contribution in [-0.2, 0) is 0 Å². The molecule has 0 fully saturated rings. The molecule has 1 aromatic rings. The van der Waals surface area contributed by atoms with Crippen molar-refractivity contribution in [3.8, 4) is 6.07 Å². The molecule has 2 amide bonds. The van der Waals surface area contributed by atoms with Gasteiger partial charge < -0.3 is 10.6 Å². The molecule has 0 radical (unpaired) electrons. The first-order valence-electron chi connectivity index (χ1n) is 4.99. The molecule has 2 N–H and O–H groups in total. The highest BCUT2D eigenvalue weighted by atomic mass is 35.5. The number of nitrogens with zero attached hydrogens (tertiary/aromatic N) is 1. The SMILES string of the molecule is N#CCCCNC(=O)Nc1cc(Cl)cc(Cl)c1. The average molecular weight is 272 g/mol. The Hall–Kier alpha value is -1.44. The van der Waals surface area contributed by atoms with Crippen LogP contribution in [0.15, 0.2) is 18.2 Å². The van der Waals surface area contributed by atoms with Gasteiger partial charge in [0.2, 0.25) is 0 Å². The second-order valence-electron chi connectivity index (χ2n) is 3.30. The normalized spacial score (nSPS) is 9.47. The lowest BCUT2D eigenvalue weighted by atomic mass is 10.3. The number of unbranched alkanes of at least 4 members (excludes halogenated alkanes) is 1. The summed E-state index contributed by atoms with van der Waals surface area (Å²) in [7, 11) is 0. The number of benzene rings is 1. The summed E-state index contributed by atoms with van der Waals surface area (Å²) in [5.41, 5.74) is 0.528. The number of urea groups is 1. The van der Waals surface area contributed by atoms with E-state index in [4.69, 9.17) is 28.5 Å². The van der Waals surface area contributed by atoms with Gasteiger partial charge in [-0.1, -0.05) is 23.2 Å². The molecule has 0 aliphatic carbocycles. The van der Waals surface area contributed by atoms with Crippen molar-refractivity contribution in [3.63, 3.8) is 0 Å². The molecule has 6 heteroatoms. The number of hydrogen-bond donors (Lipinski definition) is 2. The van der Waals surface area contributed by atoms with Crippen LogP contribution in [0.3, 0.4) is 0 Å². The number of amides is 2. The van der Waals surface area contributed by atoms with Crippen LogP contribution in [0.2, 0.25) is 10.0 Å². The van der Waals surface area contributed by atoms with Gasteiger partial charge in [-0.3, -0.25) is 0 Å². The summed E-state index contributed by atoms with van der Waals surface area (Å²) in [6.45, 7) is 0.452. The fraction of sp³-hybridized carbons (Fsp3) is 0.273. The number of nitrogens with one attached hydrogen (secondary N) is 2. The van der Waals surface area contributed by atoms with Gasteiger partial charge in [0, 0.05) is 28.7 Å². The predicted molar refractivity (Wildman–Crippen MR) is 68.3 cm³/mol. The first-order chi connectivity index (χ1) is 8.11. The van der Waals surface area contributed by atoms with Crippen LogP contribution >= 0.6 is 23.2 Å². The quantitative estimate of drug-likeness (QED) is 0.825. The molecule has 1 aromatic carbocycles. The third-order valence-corrected chi connectivity index (χ3v) is 2.31. The van der Waals surface area contributed by atoms with Crippen LogP contribution in [0.25, 0.3) is 0 Å². The maximum atomic E-state index is 11.4. The smallest absolute Gasteiger partial charge is 0.319 e. The van der Waals surface area contributed by atoms with E-state index in [9.17, 15) is 4.79 Å². The van der Waals surface area contributed by atoms with Crippen molar-refractivity contribution < 1.29 is 4.79 Å². The molecule has 0 aliphatic rings. The van der Waals surface area contributed by atoms with Crippen molar-refractivity contribution in [2.75, 3.05) is 11.9 Å². The van der Waals surface area contributed by atoms with Crippen molar-refractivity contribution >= 4 is 34.9 Å². The zero-order chi connectivity index (χ0) is 12.7. The zero-order valence-corrected chi connectivity index (χ0v) is 10.5. The Morgan fingerprint density at radius 3 is 2.53 bits per heavy atom. The highest BCUT2D eigenvalue weighted by Crippen LogP contribution is 2.22. The Bertz CT molecular complexity index is 423. The summed E-state index contributed by atoms with van der Waals surface area (Å²) in [5.74, 6) is 0. The summed E-state index contributed by atoms with van der Waals surface area (Å²) < 4.78 is 0. The lowest BCUT2D eigenvalue weighted by molar-refractivity contribution is 0.252. The van der Waals surface area contributed by atoms with Gasteiger partial charge in [-0.15, -0.1) is 0 Å². The first-order valence-corrected chi connectivity index (χ1v) is 5.75. The van der Waals surface area contributed by atoms with Gasteiger partial charge in [-0.25, -0.2) is 4.79 Å². The van der Waals surface area contributed by atoms with E-state index in [0.717, 1.165) is 0 Å². The van der Waals surface area contributed by atoms with E-state index >= 15 is 0 Å². The van der Waals surface area contributed by atoms with Crippen molar-refractivity contribution in [3.05, 3.63) is 28.2 Å². The van der Waals surface area contributed by atoms with E-state index in [1.54, 1.807) is 18.2 Å². The maximum absolute atomic E-state index is 11.4. The van der Waals surface area contributed by atoms with Crippen LogP contribution in [0.1, 0.15) is 12.8 Å².